The number of aliphatic imine (C=N–C) groups is 1. The zero-order valence-electron chi connectivity index (χ0n) is 13.1. The Kier molecular flexibility index (Phi) is 7.94. The summed E-state index contributed by atoms with van der Waals surface area (Å²) in [6.45, 7) is 6.27. The molecule has 0 saturated heterocycles. The highest BCUT2D eigenvalue weighted by Gasteiger charge is 2.03. The number of rotatable bonds is 7. The van der Waals surface area contributed by atoms with Gasteiger partial charge >= 0.3 is 0 Å². The molecular weight excluding hydrogens is 264 g/mol. The molecule has 0 atom stereocenters. The van der Waals surface area contributed by atoms with Crippen LogP contribution in [0, 0.1) is 5.92 Å². The van der Waals surface area contributed by atoms with E-state index in [9.17, 15) is 4.79 Å². The highest BCUT2D eigenvalue weighted by atomic mass is 16.1. The number of nitrogens with one attached hydrogen (secondary N) is 3. The van der Waals surface area contributed by atoms with Gasteiger partial charge in [0.05, 0.1) is 0 Å². The van der Waals surface area contributed by atoms with E-state index in [0.717, 1.165) is 18.1 Å². The Morgan fingerprint density at radius 2 is 1.86 bits per heavy atom. The Hall–Kier alpha value is -2.04. The van der Waals surface area contributed by atoms with Gasteiger partial charge in [0.2, 0.25) is 5.91 Å². The Labute approximate surface area is 127 Å². The number of benzene rings is 1. The number of guanidine groups is 1. The molecule has 0 aromatic heterocycles. The molecule has 21 heavy (non-hydrogen) atoms. The molecule has 0 unspecified atom stereocenters. The fourth-order valence-corrected chi connectivity index (χ4v) is 1.70. The van der Waals surface area contributed by atoms with Crippen LogP contribution in [0.3, 0.4) is 0 Å². The average Bonchev–Trinajstić information content (AvgIpc) is 2.49. The van der Waals surface area contributed by atoms with Gasteiger partial charge in [-0.25, -0.2) is 0 Å². The summed E-state index contributed by atoms with van der Waals surface area (Å²) in [5, 5.41) is 9.24. The maximum atomic E-state index is 11.7. The van der Waals surface area contributed by atoms with Gasteiger partial charge in [0.15, 0.2) is 5.96 Å². The molecule has 0 fully saturated rings. The SMILES string of the molecule is CN=C(NCCC(=O)NCc1ccccc1)NCC(C)C. The van der Waals surface area contributed by atoms with Crippen molar-refractivity contribution in [3.63, 3.8) is 0 Å². The van der Waals surface area contributed by atoms with Crippen molar-refractivity contribution in [2.75, 3.05) is 20.1 Å². The summed E-state index contributed by atoms with van der Waals surface area (Å²) in [7, 11) is 1.73. The fraction of sp³-hybridized carbons (Fsp3) is 0.500. The topological polar surface area (TPSA) is 65.5 Å². The lowest BCUT2D eigenvalue weighted by molar-refractivity contribution is -0.121. The fourth-order valence-electron chi connectivity index (χ4n) is 1.70. The van der Waals surface area contributed by atoms with Gasteiger partial charge in [-0.3, -0.25) is 9.79 Å². The highest BCUT2D eigenvalue weighted by Crippen LogP contribution is 1.97. The van der Waals surface area contributed by atoms with Crippen molar-refractivity contribution in [3.05, 3.63) is 35.9 Å². The minimum atomic E-state index is 0.0330. The standard InChI is InChI=1S/C16H26N4O/c1-13(2)11-20-16(17-3)18-10-9-15(21)19-12-14-7-5-4-6-8-14/h4-8,13H,9-12H2,1-3H3,(H,19,21)(H2,17,18,20). The van der Waals surface area contributed by atoms with Crippen molar-refractivity contribution in [2.45, 2.75) is 26.8 Å². The first-order valence-corrected chi connectivity index (χ1v) is 7.37. The molecule has 116 valence electrons. The second kappa shape index (κ2) is 9.80. The van der Waals surface area contributed by atoms with E-state index in [4.69, 9.17) is 0 Å². The summed E-state index contributed by atoms with van der Waals surface area (Å²) in [5.41, 5.74) is 1.10. The van der Waals surface area contributed by atoms with Crippen LogP contribution in [0.15, 0.2) is 35.3 Å². The molecule has 0 aliphatic rings. The first-order chi connectivity index (χ1) is 10.1. The van der Waals surface area contributed by atoms with Crippen molar-refractivity contribution in [3.8, 4) is 0 Å². The molecule has 1 rings (SSSR count). The first-order valence-electron chi connectivity index (χ1n) is 7.37. The minimum absolute atomic E-state index is 0.0330. The van der Waals surface area contributed by atoms with Gasteiger partial charge in [-0.2, -0.15) is 0 Å². The van der Waals surface area contributed by atoms with Crippen LogP contribution in [0.5, 0.6) is 0 Å². The largest absolute Gasteiger partial charge is 0.356 e. The summed E-state index contributed by atoms with van der Waals surface area (Å²) in [5.74, 6) is 1.32. The lowest BCUT2D eigenvalue weighted by Gasteiger charge is -2.13. The van der Waals surface area contributed by atoms with Crippen LogP contribution in [-0.2, 0) is 11.3 Å². The smallest absolute Gasteiger partial charge is 0.222 e. The van der Waals surface area contributed by atoms with E-state index in [1.165, 1.54) is 0 Å². The molecule has 0 saturated carbocycles. The summed E-state index contributed by atoms with van der Waals surface area (Å²) in [4.78, 5) is 15.9. The summed E-state index contributed by atoms with van der Waals surface area (Å²) >= 11 is 0. The second-order valence-corrected chi connectivity index (χ2v) is 5.29. The maximum Gasteiger partial charge on any atom is 0.222 e. The third-order valence-electron chi connectivity index (χ3n) is 2.88. The lowest BCUT2D eigenvalue weighted by atomic mass is 10.2. The van der Waals surface area contributed by atoms with Crippen LogP contribution >= 0.6 is 0 Å². The number of nitrogens with zero attached hydrogens (tertiary/aromatic N) is 1. The molecule has 5 nitrogen and oxygen atoms in total. The summed E-state index contributed by atoms with van der Waals surface area (Å²) in [6, 6.07) is 9.89. The predicted molar refractivity (Wildman–Crippen MR) is 87.1 cm³/mol. The molecule has 0 radical (unpaired) electrons. The molecule has 0 spiro atoms. The van der Waals surface area contributed by atoms with Crippen molar-refractivity contribution in [1.29, 1.82) is 0 Å². The normalized spacial score (nSPS) is 11.3. The number of hydrogen-bond donors (Lipinski definition) is 3. The van der Waals surface area contributed by atoms with Crippen LogP contribution in [0.1, 0.15) is 25.8 Å². The Bertz CT molecular complexity index is 443. The molecule has 0 bridgehead atoms. The maximum absolute atomic E-state index is 11.7. The van der Waals surface area contributed by atoms with Gasteiger partial charge in [-0.1, -0.05) is 44.2 Å². The van der Waals surface area contributed by atoms with Gasteiger partial charge in [0, 0.05) is 33.1 Å². The molecule has 1 aromatic rings. The van der Waals surface area contributed by atoms with E-state index in [0.29, 0.717) is 25.4 Å². The Morgan fingerprint density at radius 3 is 2.48 bits per heavy atom. The van der Waals surface area contributed by atoms with Gasteiger partial charge in [-0.15, -0.1) is 0 Å². The van der Waals surface area contributed by atoms with Gasteiger partial charge in [-0.05, 0) is 11.5 Å². The number of hydrogen-bond acceptors (Lipinski definition) is 2. The Balaban J connectivity index is 2.18. The van der Waals surface area contributed by atoms with Crippen LogP contribution in [0.4, 0.5) is 0 Å². The summed E-state index contributed by atoms with van der Waals surface area (Å²) < 4.78 is 0. The molecule has 0 heterocycles. The van der Waals surface area contributed by atoms with Crippen LogP contribution in [0.25, 0.3) is 0 Å². The first kappa shape index (κ1) is 17.0. The quantitative estimate of drug-likeness (QED) is 0.527. The van der Waals surface area contributed by atoms with Crippen LogP contribution < -0.4 is 16.0 Å². The molecule has 5 heteroatoms. The van der Waals surface area contributed by atoms with E-state index >= 15 is 0 Å². The highest BCUT2D eigenvalue weighted by molar-refractivity contribution is 5.81. The molecule has 0 aliphatic heterocycles. The number of carbonyl (C=O) groups excluding carboxylic acids is 1. The van der Waals surface area contributed by atoms with Crippen molar-refractivity contribution >= 4 is 11.9 Å². The van der Waals surface area contributed by atoms with Gasteiger partial charge < -0.3 is 16.0 Å². The molecule has 0 aliphatic carbocycles. The van der Waals surface area contributed by atoms with Crippen molar-refractivity contribution in [2.24, 2.45) is 10.9 Å². The number of amides is 1. The van der Waals surface area contributed by atoms with Gasteiger partial charge in [0.25, 0.3) is 0 Å². The average molecular weight is 290 g/mol. The van der Waals surface area contributed by atoms with E-state index in [-0.39, 0.29) is 5.91 Å². The van der Waals surface area contributed by atoms with E-state index in [2.05, 4.69) is 34.8 Å². The van der Waals surface area contributed by atoms with Crippen molar-refractivity contribution in [1.82, 2.24) is 16.0 Å². The van der Waals surface area contributed by atoms with Crippen LogP contribution in [-0.4, -0.2) is 32.0 Å². The van der Waals surface area contributed by atoms with E-state index in [1.54, 1.807) is 7.05 Å². The second-order valence-electron chi connectivity index (χ2n) is 5.29. The third kappa shape index (κ3) is 7.97. The zero-order valence-corrected chi connectivity index (χ0v) is 13.1. The minimum Gasteiger partial charge on any atom is -0.356 e. The van der Waals surface area contributed by atoms with E-state index < -0.39 is 0 Å². The molecule has 1 amide bonds. The van der Waals surface area contributed by atoms with E-state index in [1.807, 2.05) is 30.3 Å². The van der Waals surface area contributed by atoms with Crippen molar-refractivity contribution < 1.29 is 4.79 Å². The molecular formula is C16H26N4O. The van der Waals surface area contributed by atoms with Gasteiger partial charge in [0.1, 0.15) is 0 Å². The number of carbonyl (C=O) groups is 1. The summed E-state index contributed by atoms with van der Waals surface area (Å²) in [6.07, 6.45) is 0.426. The third-order valence-corrected chi connectivity index (χ3v) is 2.88. The van der Waals surface area contributed by atoms with Crippen LogP contribution in [0.2, 0.25) is 0 Å². The molecule has 1 aromatic carbocycles. The predicted octanol–water partition coefficient (Wildman–Crippen LogP) is 1.51. The Morgan fingerprint density at radius 1 is 1.14 bits per heavy atom. The zero-order chi connectivity index (χ0) is 15.5. The molecule has 3 N–H and O–H groups in total. The monoisotopic (exact) mass is 290 g/mol. The lowest BCUT2D eigenvalue weighted by Crippen LogP contribution is -2.40.